The maximum Gasteiger partial charge on any atom is 0.337 e. The van der Waals surface area contributed by atoms with E-state index in [9.17, 15) is 9.59 Å². The quantitative estimate of drug-likeness (QED) is 0.215. The van der Waals surface area contributed by atoms with Crippen LogP contribution < -0.4 is 10.1 Å². The lowest BCUT2D eigenvalue weighted by atomic mass is 10.2. The van der Waals surface area contributed by atoms with Crippen molar-refractivity contribution in [3.05, 3.63) is 82.9 Å². The van der Waals surface area contributed by atoms with Gasteiger partial charge in [-0.1, -0.05) is 17.0 Å². The smallest absolute Gasteiger partial charge is 0.337 e. The van der Waals surface area contributed by atoms with Crippen LogP contribution in [0.3, 0.4) is 0 Å². The predicted molar refractivity (Wildman–Crippen MR) is 135 cm³/mol. The number of amides is 1. The molecule has 2 heterocycles. The molecule has 0 spiro atoms. The highest BCUT2D eigenvalue weighted by Gasteiger charge is 2.22. The first-order valence-electron chi connectivity index (χ1n) is 10.9. The van der Waals surface area contributed by atoms with Gasteiger partial charge in [0, 0.05) is 22.8 Å². The molecule has 0 aliphatic rings. The van der Waals surface area contributed by atoms with Crippen molar-refractivity contribution in [1.29, 1.82) is 0 Å². The lowest BCUT2D eigenvalue weighted by Gasteiger charge is -2.10. The van der Waals surface area contributed by atoms with Gasteiger partial charge in [0.1, 0.15) is 5.75 Å². The topological polar surface area (TPSA) is 121 Å². The molecular weight excluding hydrogens is 480 g/mol. The van der Waals surface area contributed by atoms with Gasteiger partial charge < -0.3 is 14.8 Å². The van der Waals surface area contributed by atoms with E-state index in [0.717, 1.165) is 17.1 Å². The van der Waals surface area contributed by atoms with Crippen molar-refractivity contribution in [3.8, 4) is 11.4 Å². The van der Waals surface area contributed by atoms with Gasteiger partial charge in [-0.15, -0.1) is 5.10 Å². The Hall–Kier alpha value is -4.25. The summed E-state index contributed by atoms with van der Waals surface area (Å²) in [5.41, 5.74) is 4.08. The first kappa shape index (κ1) is 24.9. The SMILES string of the molecule is COC(=O)c1ccc(NC(=O)c2nnn(-c3ccc(OC)cc3)c2CSc2nc(C)cc(C)n2)cc1. The monoisotopic (exact) mass is 504 g/mol. The Morgan fingerprint density at radius 2 is 1.64 bits per heavy atom. The highest BCUT2D eigenvalue weighted by Crippen LogP contribution is 2.25. The molecule has 2 aromatic heterocycles. The predicted octanol–water partition coefficient (Wildman–Crippen LogP) is 4.01. The summed E-state index contributed by atoms with van der Waals surface area (Å²) in [5.74, 6) is 0.166. The number of benzene rings is 2. The zero-order valence-electron chi connectivity index (χ0n) is 20.2. The Kier molecular flexibility index (Phi) is 7.59. The van der Waals surface area contributed by atoms with Crippen LogP contribution in [-0.4, -0.2) is 51.1 Å². The highest BCUT2D eigenvalue weighted by molar-refractivity contribution is 7.98. The summed E-state index contributed by atoms with van der Waals surface area (Å²) < 4.78 is 11.6. The number of hydrogen-bond donors (Lipinski definition) is 1. The molecule has 36 heavy (non-hydrogen) atoms. The molecule has 0 saturated heterocycles. The van der Waals surface area contributed by atoms with Crippen LogP contribution in [-0.2, 0) is 10.5 Å². The molecule has 4 rings (SSSR count). The fourth-order valence-electron chi connectivity index (χ4n) is 3.43. The van der Waals surface area contributed by atoms with E-state index in [0.29, 0.717) is 33.6 Å². The maximum atomic E-state index is 13.2. The fourth-order valence-corrected chi connectivity index (χ4v) is 4.37. The van der Waals surface area contributed by atoms with Crippen molar-refractivity contribution in [3.63, 3.8) is 0 Å². The normalized spacial score (nSPS) is 10.7. The molecule has 0 saturated carbocycles. The molecule has 0 aliphatic heterocycles. The van der Waals surface area contributed by atoms with Crippen LogP contribution >= 0.6 is 11.8 Å². The summed E-state index contributed by atoms with van der Waals surface area (Å²) in [7, 11) is 2.91. The summed E-state index contributed by atoms with van der Waals surface area (Å²) in [6.45, 7) is 3.82. The molecule has 0 radical (unpaired) electrons. The molecule has 1 amide bonds. The van der Waals surface area contributed by atoms with Gasteiger partial charge in [0.15, 0.2) is 10.9 Å². The first-order chi connectivity index (χ1) is 17.4. The number of hydrogen-bond acceptors (Lipinski definition) is 9. The van der Waals surface area contributed by atoms with Crippen molar-refractivity contribution in [2.24, 2.45) is 0 Å². The number of nitrogens with zero attached hydrogens (tertiary/aromatic N) is 5. The molecule has 10 nitrogen and oxygen atoms in total. The summed E-state index contributed by atoms with van der Waals surface area (Å²) >= 11 is 1.39. The summed E-state index contributed by atoms with van der Waals surface area (Å²) in [6, 6.07) is 15.6. The number of carbonyl (C=O) groups is 2. The van der Waals surface area contributed by atoms with E-state index in [1.54, 1.807) is 36.1 Å². The van der Waals surface area contributed by atoms with Crippen molar-refractivity contribution < 1.29 is 19.1 Å². The fraction of sp³-hybridized carbons (Fsp3) is 0.200. The number of thioether (sulfide) groups is 1. The number of nitrogens with one attached hydrogen (secondary N) is 1. The third-order valence-corrected chi connectivity index (χ3v) is 6.02. The maximum absolute atomic E-state index is 13.2. The Morgan fingerprint density at radius 3 is 2.25 bits per heavy atom. The number of carbonyl (C=O) groups excluding carboxylic acids is 2. The lowest BCUT2D eigenvalue weighted by Crippen LogP contribution is -2.15. The van der Waals surface area contributed by atoms with Crippen LogP contribution in [0.4, 0.5) is 5.69 Å². The van der Waals surface area contributed by atoms with Crippen molar-refractivity contribution >= 4 is 29.3 Å². The van der Waals surface area contributed by atoms with Crippen molar-refractivity contribution in [1.82, 2.24) is 25.0 Å². The Balaban J connectivity index is 1.63. The molecule has 0 bridgehead atoms. The average molecular weight is 505 g/mol. The lowest BCUT2D eigenvalue weighted by molar-refractivity contribution is 0.0600. The van der Waals surface area contributed by atoms with E-state index in [1.165, 1.54) is 18.9 Å². The van der Waals surface area contributed by atoms with Gasteiger partial charge >= 0.3 is 5.97 Å². The van der Waals surface area contributed by atoms with Crippen LogP contribution in [0.2, 0.25) is 0 Å². The zero-order valence-corrected chi connectivity index (χ0v) is 21.0. The third-order valence-electron chi connectivity index (χ3n) is 5.16. The molecule has 11 heteroatoms. The van der Waals surface area contributed by atoms with Gasteiger partial charge in [0.05, 0.1) is 31.2 Å². The van der Waals surface area contributed by atoms with Crippen molar-refractivity contribution in [2.75, 3.05) is 19.5 Å². The molecule has 184 valence electrons. The molecule has 2 aromatic carbocycles. The number of rotatable bonds is 8. The Labute approximate surface area is 212 Å². The number of aryl methyl sites for hydroxylation is 2. The van der Waals surface area contributed by atoms with E-state index in [4.69, 9.17) is 9.47 Å². The summed E-state index contributed by atoms with van der Waals surface area (Å²) in [5, 5.41) is 11.8. The average Bonchev–Trinajstić information content (AvgIpc) is 3.31. The molecule has 1 N–H and O–H groups in total. The minimum Gasteiger partial charge on any atom is -0.497 e. The highest BCUT2D eigenvalue weighted by atomic mass is 32.2. The second-order valence-corrected chi connectivity index (χ2v) is 8.68. The number of esters is 1. The molecule has 4 aromatic rings. The molecule has 0 atom stereocenters. The van der Waals surface area contributed by atoms with E-state index in [2.05, 4.69) is 25.6 Å². The van der Waals surface area contributed by atoms with E-state index >= 15 is 0 Å². The van der Waals surface area contributed by atoms with Gasteiger partial charge in [-0.2, -0.15) is 0 Å². The molecule has 0 unspecified atom stereocenters. The van der Waals surface area contributed by atoms with Crippen LogP contribution in [0.1, 0.15) is 37.9 Å². The largest absolute Gasteiger partial charge is 0.497 e. The summed E-state index contributed by atoms with van der Waals surface area (Å²) in [4.78, 5) is 33.8. The van der Waals surface area contributed by atoms with Crippen LogP contribution in [0, 0.1) is 13.8 Å². The minimum atomic E-state index is -0.455. The van der Waals surface area contributed by atoms with Crippen LogP contribution in [0.5, 0.6) is 5.75 Å². The minimum absolute atomic E-state index is 0.166. The zero-order chi connectivity index (χ0) is 25.7. The van der Waals surface area contributed by atoms with E-state index in [1.807, 2.05) is 44.2 Å². The van der Waals surface area contributed by atoms with E-state index < -0.39 is 11.9 Å². The molecule has 0 aliphatic carbocycles. The molecule has 0 fully saturated rings. The Morgan fingerprint density at radius 1 is 0.972 bits per heavy atom. The van der Waals surface area contributed by atoms with E-state index in [-0.39, 0.29) is 5.69 Å². The van der Waals surface area contributed by atoms with Gasteiger partial charge in [-0.3, -0.25) is 4.79 Å². The van der Waals surface area contributed by atoms with Gasteiger partial charge in [-0.05, 0) is 68.4 Å². The van der Waals surface area contributed by atoms with Crippen LogP contribution in [0.15, 0.2) is 59.8 Å². The number of ether oxygens (including phenoxy) is 2. The van der Waals surface area contributed by atoms with Gasteiger partial charge in [0.2, 0.25) is 0 Å². The summed E-state index contributed by atoms with van der Waals surface area (Å²) in [6.07, 6.45) is 0. The van der Waals surface area contributed by atoms with Gasteiger partial charge in [-0.25, -0.2) is 19.4 Å². The van der Waals surface area contributed by atoms with Crippen molar-refractivity contribution in [2.45, 2.75) is 24.8 Å². The standard InChI is InChI=1S/C25H24N6O4S/c1-15-13-16(2)27-25(26-15)36-14-21-22(29-30-31(21)19-9-11-20(34-3)12-10-19)23(32)28-18-7-5-17(6-8-18)24(33)35-4/h5-13H,14H2,1-4H3,(H,28,32). The number of methoxy groups -OCH3 is 2. The second-order valence-electron chi connectivity index (χ2n) is 7.74. The first-order valence-corrected chi connectivity index (χ1v) is 11.9. The molecular formula is C25H24N6O4S. The number of aromatic nitrogens is 5. The van der Waals surface area contributed by atoms with Crippen LogP contribution in [0.25, 0.3) is 5.69 Å². The van der Waals surface area contributed by atoms with Gasteiger partial charge in [0.25, 0.3) is 5.91 Å². The second kappa shape index (κ2) is 11.0. The Bertz CT molecular complexity index is 1370. The number of anilines is 1. The third kappa shape index (κ3) is 5.69.